The number of fused-ring (bicyclic) bond motifs is 1. The van der Waals surface area contributed by atoms with Crippen molar-refractivity contribution in [2.24, 2.45) is 10.3 Å². The predicted molar refractivity (Wildman–Crippen MR) is 71.4 cm³/mol. The van der Waals surface area contributed by atoms with E-state index in [1.807, 2.05) is 6.92 Å². The van der Waals surface area contributed by atoms with Crippen LogP contribution in [0, 0.1) is 0 Å². The number of aromatic nitrogens is 4. The highest BCUT2D eigenvalue weighted by molar-refractivity contribution is 6.18. The van der Waals surface area contributed by atoms with E-state index in [9.17, 15) is 4.79 Å². The Bertz CT molecular complexity index is 647. The van der Waals surface area contributed by atoms with Gasteiger partial charge >= 0.3 is 0 Å². The molecule has 19 heavy (non-hydrogen) atoms. The van der Waals surface area contributed by atoms with Gasteiger partial charge in [0.15, 0.2) is 11.2 Å². The molecule has 0 amide bonds. The molecule has 10 heteroatoms. The summed E-state index contributed by atoms with van der Waals surface area (Å²) in [6.45, 7) is 3.17. The molecule has 9 nitrogen and oxygen atoms in total. The molecule has 0 aliphatic rings. The second kappa shape index (κ2) is 5.65. The average molecular weight is 285 g/mol. The van der Waals surface area contributed by atoms with Crippen molar-refractivity contribution in [3.63, 3.8) is 0 Å². The summed E-state index contributed by atoms with van der Waals surface area (Å²) in [6.07, 6.45) is 0. The first-order valence-corrected chi connectivity index (χ1v) is 6.15. The lowest BCUT2D eigenvalue weighted by molar-refractivity contribution is 0.302. The molecule has 0 fully saturated rings. The zero-order valence-corrected chi connectivity index (χ0v) is 11.0. The number of nitrogens with two attached hydrogens (primary N) is 1. The molecular weight excluding hydrogens is 272 g/mol. The normalized spacial score (nSPS) is 11.5. The van der Waals surface area contributed by atoms with Crippen molar-refractivity contribution in [3.8, 4) is 0 Å². The lowest BCUT2D eigenvalue weighted by Crippen LogP contribution is -2.18. The third kappa shape index (κ3) is 2.99. The zero-order chi connectivity index (χ0) is 13.8. The molecule has 0 unspecified atom stereocenters. The number of nitrogens with zero attached hydrogens (tertiary/aromatic N) is 5. The number of nitrogen functional groups attached to an aromatic ring is 1. The van der Waals surface area contributed by atoms with Gasteiger partial charge < -0.3 is 10.7 Å². The van der Waals surface area contributed by atoms with E-state index < -0.39 is 5.56 Å². The van der Waals surface area contributed by atoms with Gasteiger partial charge in [-0.3, -0.25) is 14.8 Å². The third-order valence-corrected chi connectivity index (χ3v) is 2.51. The topological polar surface area (TPSA) is 128 Å². The van der Waals surface area contributed by atoms with E-state index in [1.54, 1.807) is 5.01 Å². The van der Waals surface area contributed by atoms with Crippen LogP contribution in [0.15, 0.2) is 15.1 Å². The van der Waals surface area contributed by atoms with Crippen LogP contribution in [0.25, 0.3) is 11.2 Å². The van der Waals surface area contributed by atoms with Gasteiger partial charge in [0.1, 0.15) is 0 Å². The number of aromatic amines is 2. The largest absolute Gasteiger partial charge is 0.369 e. The summed E-state index contributed by atoms with van der Waals surface area (Å²) in [5.41, 5.74) is 5.44. The van der Waals surface area contributed by atoms with Gasteiger partial charge in [0.25, 0.3) is 11.5 Å². The number of hydrogen-bond acceptors (Lipinski definition) is 6. The molecule has 0 bridgehead atoms. The van der Waals surface area contributed by atoms with Gasteiger partial charge in [0.05, 0.1) is 6.54 Å². The zero-order valence-electron chi connectivity index (χ0n) is 10.2. The molecule has 4 N–H and O–H groups in total. The number of nitrogens with one attached hydrogen (secondary N) is 2. The molecule has 0 radical (unpaired) electrons. The number of imidazole rings is 1. The number of alkyl halides is 1. The minimum atomic E-state index is -0.399. The maximum Gasteiger partial charge on any atom is 0.278 e. The van der Waals surface area contributed by atoms with Gasteiger partial charge in [0.2, 0.25) is 5.95 Å². The molecule has 102 valence electrons. The Kier molecular flexibility index (Phi) is 3.95. The van der Waals surface area contributed by atoms with E-state index in [0.717, 1.165) is 0 Å². The van der Waals surface area contributed by atoms with Crippen LogP contribution in [0.3, 0.4) is 0 Å². The first kappa shape index (κ1) is 13.3. The summed E-state index contributed by atoms with van der Waals surface area (Å²) in [4.78, 5) is 24.5. The highest BCUT2D eigenvalue weighted by atomic mass is 35.5. The van der Waals surface area contributed by atoms with Gasteiger partial charge in [-0.25, -0.2) is 0 Å². The monoisotopic (exact) mass is 284 g/mol. The number of rotatable bonds is 5. The van der Waals surface area contributed by atoms with Crippen molar-refractivity contribution in [1.82, 2.24) is 24.9 Å². The third-order valence-electron chi connectivity index (χ3n) is 2.34. The van der Waals surface area contributed by atoms with Crippen LogP contribution in [0.4, 0.5) is 11.9 Å². The second-order valence-electron chi connectivity index (χ2n) is 3.63. The quantitative estimate of drug-likeness (QED) is 0.425. The number of halogens is 1. The Morgan fingerprint density at radius 1 is 1.42 bits per heavy atom. The van der Waals surface area contributed by atoms with Crippen molar-refractivity contribution in [1.29, 1.82) is 0 Å². The van der Waals surface area contributed by atoms with Crippen LogP contribution < -0.4 is 11.3 Å². The Morgan fingerprint density at radius 2 is 2.21 bits per heavy atom. The molecule has 0 aromatic carbocycles. The molecule has 0 saturated carbocycles. The van der Waals surface area contributed by atoms with Crippen LogP contribution in [0.2, 0.25) is 0 Å². The molecule has 0 spiro atoms. The first-order chi connectivity index (χ1) is 9.13. The number of hydrogen-bond donors (Lipinski definition) is 3. The van der Waals surface area contributed by atoms with E-state index in [4.69, 9.17) is 17.3 Å². The SMILES string of the molecule is CCN(CCCl)N=Nc1nc2nc(N)[nH]c(=O)c2[nH]1. The minimum Gasteiger partial charge on any atom is -0.369 e. The average Bonchev–Trinajstić information content (AvgIpc) is 2.77. The van der Waals surface area contributed by atoms with Gasteiger partial charge in [-0.05, 0) is 6.92 Å². The van der Waals surface area contributed by atoms with Crippen LogP contribution >= 0.6 is 11.6 Å². The summed E-state index contributed by atoms with van der Waals surface area (Å²) < 4.78 is 0. The van der Waals surface area contributed by atoms with Crippen molar-refractivity contribution < 1.29 is 0 Å². The van der Waals surface area contributed by atoms with E-state index in [-0.39, 0.29) is 23.1 Å². The highest BCUT2D eigenvalue weighted by Gasteiger charge is 2.08. The Labute approximate surface area is 112 Å². The first-order valence-electron chi connectivity index (χ1n) is 5.62. The fourth-order valence-corrected chi connectivity index (χ4v) is 1.62. The van der Waals surface area contributed by atoms with Crippen LogP contribution in [-0.2, 0) is 0 Å². The Balaban J connectivity index is 2.29. The van der Waals surface area contributed by atoms with E-state index in [1.165, 1.54) is 0 Å². The summed E-state index contributed by atoms with van der Waals surface area (Å²) in [5, 5.41) is 9.53. The molecule has 2 aromatic rings. The van der Waals surface area contributed by atoms with Crippen molar-refractivity contribution in [3.05, 3.63) is 10.4 Å². The van der Waals surface area contributed by atoms with E-state index in [0.29, 0.717) is 19.0 Å². The fourth-order valence-electron chi connectivity index (χ4n) is 1.43. The molecule has 2 rings (SSSR count). The van der Waals surface area contributed by atoms with Gasteiger partial charge in [-0.2, -0.15) is 9.97 Å². The standard InChI is InChI=1S/C9H13ClN8O/c1-2-18(4-3-10)17-16-9-12-5-6(14-9)13-8(11)15-7(5)19/h2-4H2,1H3,(H4,11,12,13,14,15,19). The van der Waals surface area contributed by atoms with Gasteiger partial charge in [0, 0.05) is 12.4 Å². The van der Waals surface area contributed by atoms with Crippen LogP contribution in [-0.4, -0.2) is 43.9 Å². The molecule has 2 aromatic heterocycles. The molecular formula is C9H13ClN8O. The summed E-state index contributed by atoms with van der Waals surface area (Å²) in [7, 11) is 0. The summed E-state index contributed by atoms with van der Waals surface area (Å²) in [6, 6.07) is 0. The molecule has 0 saturated heterocycles. The molecule has 2 heterocycles. The summed E-state index contributed by atoms with van der Waals surface area (Å²) >= 11 is 5.62. The second-order valence-corrected chi connectivity index (χ2v) is 4.01. The lowest BCUT2D eigenvalue weighted by Gasteiger charge is -2.11. The van der Waals surface area contributed by atoms with Crippen molar-refractivity contribution in [2.75, 3.05) is 24.7 Å². The lowest BCUT2D eigenvalue weighted by atomic mass is 10.5. The van der Waals surface area contributed by atoms with Crippen LogP contribution in [0.1, 0.15) is 6.92 Å². The maximum absolute atomic E-state index is 11.6. The van der Waals surface area contributed by atoms with Crippen molar-refractivity contribution in [2.45, 2.75) is 6.92 Å². The summed E-state index contributed by atoms with van der Waals surface area (Å²) in [5.74, 6) is 0.640. The molecule has 0 aliphatic carbocycles. The molecule has 0 aliphatic heterocycles. The predicted octanol–water partition coefficient (Wildman–Crippen LogP) is 0.788. The van der Waals surface area contributed by atoms with Gasteiger partial charge in [-0.15, -0.1) is 11.6 Å². The van der Waals surface area contributed by atoms with Crippen molar-refractivity contribution >= 4 is 34.7 Å². The smallest absolute Gasteiger partial charge is 0.278 e. The maximum atomic E-state index is 11.6. The Hall–Kier alpha value is -2.16. The minimum absolute atomic E-state index is 0.00446. The molecule has 0 atom stereocenters. The van der Waals surface area contributed by atoms with Crippen LogP contribution in [0.5, 0.6) is 0 Å². The fraction of sp³-hybridized carbons (Fsp3) is 0.444. The Morgan fingerprint density at radius 3 is 2.89 bits per heavy atom. The number of anilines is 1. The van der Waals surface area contributed by atoms with Gasteiger partial charge in [-0.1, -0.05) is 10.3 Å². The van der Waals surface area contributed by atoms with E-state index in [2.05, 4.69) is 30.3 Å². The highest BCUT2D eigenvalue weighted by Crippen LogP contribution is 2.12. The van der Waals surface area contributed by atoms with E-state index >= 15 is 0 Å². The number of H-pyrrole nitrogens is 2.